The van der Waals surface area contributed by atoms with E-state index < -0.39 is 0 Å². The molecular formula is C12H18N2O. The molecule has 1 N–H and O–H groups in total. The first-order valence-electron chi connectivity index (χ1n) is 5.22. The third kappa shape index (κ3) is 3.10. The number of hydrogen-bond donors (Lipinski definition) is 1. The van der Waals surface area contributed by atoms with Gasteiger partial charge in [0.15, 0.2) is 0 Å². The zero-order valence-electron chi connectivity index (χ0n) is 9.85. The first kappa shape index (κ1) is 11.8. The molecule has 0 aliphatic heterocycles. The molecule has 3 heteroatoms. The highest BCUT2D eigenvalue weighted by Crippen LogP contribution is 2.20. The summed E-state index contributed by atoms with van der Waals surface area (Å²) in [7, 11) is 0. The van der Waals surface area contributed by atoms with Crippen molar-refractivity contribution in [1.82, 2.24) is 10.5 Å². The minimum atomic E-state index is 0.273. The van der Waals surface area contributed by atoms with Crippen LogP contribution in [0.2, 0.25) is 0 Å². The fourth-order valence-electron chi connectivity index (χ4n) is 1.69. The van der Waals surface area contributed by atoms with E-state index in [0.717, 1.165) is 24.4 Å². The van der Waals surface area contributed by atoms with Crippen LogP contribution in [-0.2, 0) is 0 Å². The van der Waals surface area contributed by atoms with E-state index in [1.54, 1.807) is 0 Å². The minimum Gasteiger partial charge on any atom is -0.361 e. The van der Waals surface area contributed by atoms with Crippen molar-refractivity contribution in [3.63, 3.8) is 0 Å². The van der Waals surface area contributed by atoms with Gasteiger partial charge in [0.25, 0.3) is 0 Å². The van der Waals surface area contributed by atoms with Gasteiger partial charge >= 0.3 is 0 Å². The molecule has 0 spiro atoms. The van der Waals surface area contributed by atoms with Crippen LogP contribution in [0.25, 0.3) is 0 Å². The van der Waals surface area contributed by atoms with E-state index >= 15 is 0 Å². The Hall–Kier alpha value is -1.27. The van der Waals surface area contributed by atoms with Crippen LogP contribution in [0.15, 0.2) is 4.52 Å². The molecule has 0 bridgehead atoms. The summed E-state index contributed by atoms with van der Waals surface area (Å²) in [6, 6.07) is 0.273. The Morgan fingerprint density at radius 3 is 2.73 bits per heavy atom. The Morgan fingerprint density at radius 2 is 2.20 bits per heavy atom. The van der Waals surface area contributed by atoms with E-state index in [-0.39, 0.29) is 6.04 Å². The molecule has 1 atom stereocenters. The van der Waals surface area contributed by atoms with Crippen LogP contribution in [0.4, 0.5) is 0 Å². The molecule has 1 rings (SSSR count). The van der Waals surface area contributed by atoms with Gasteiger partial charge in [0, 0.05) is 24.6 Å². The summed E-state index contributed by atoms with van der Waals surface area (Å²) in [5, 5.41) is 7.34. The maximum Gasteiger partial charge on any atom is 0.138 e. The average Bonchev–Trinajstić information content (AvgIpc) is 2.53. The highest BCUT2D eigenvalue weighted by molar-refractivity contribution is 5.24. The molecule has 15 heavy (non-hydrogen) atoms. The summed E-state index contributed by atoms with van der Waals surface area (Å²) in [5.74, 6) is 6.80. The zero-order chi connectivity index (χ0) is 11.3. The molecule has 0 aliphatic rings. The lowest BCUT2D eigenvalue weighted by Crippen LogP contribution is -2.20. The lowest BCUT2D eigenvalue weighted by Gasteiger charge is -2.12. The van der Waals surface area contributed by atoms with Gasteiger partial charge < -0.3 is 9.84 Å². The topological polar surface area (TPSA) is 38.1 Å². The first-order valence-corrected chi connectivity index (χ1v) is 5.22. The Labute approximate surface area is 91.2 Å². The monoisotopic (exact) mass is 206 g/mol. The van der Waals surface area contributed by atoms with Crippen LogP contribution in [-0.4, -0.2) is 11.7 Å². The summed E-state index contributed by atoms with van der Waals surface area (Å²) >= 11 is 0. The molecule has 1 unspecified atom stereocenters. The quantitative estimate of drug-likeness (QED) is 0.607. The number of aromatic nitrogens is 1. The molecule has 0 fully saturated rings. The lowest BCUT2D eigenvalue weighted by atomic mass is 10.1. The largest absolute Gasteiger partial charge is 0.361 e. The highest BCUT2D eigenvalue weighted by Gasteiger charge is 2.14. The number of aryl methyl sites for hydroxylation is 2. The summed E-state index contributed by atoms with van der Waals surface area (Å²) in [6.07, 6.45) is 0.879. The number of rotatable bonds is 4. The molecule has 82 valence electrons. The molecule has 1 aromatic rings. The van der Waals surface area contributed by atoms with Crippen molar-refractivity contribution in [2.24, 2.45) is 0 Å². The van der Waals surface area contributed by atoms with Crippen molar-refractivity contribution in [3.8, 4) is 11.8 Å². The van der Waals surface area contributed by atoms with Crippen molar-refractivity contribution in [2.75, 3.05) is 6.54 Å². The van der Waals surface area contributed by atoms with Crippen molar-refractivity contribution in [3.05, 3.63) is 17.0 Å². The second-order valence-electron chi connectivity index (χ2n) is 3.59. The summed E-state index contributed by atoms with van der Waals surface area (Å²) in [4.78, 5) is 0. The van der Waals surface area contributed by atoms with Gasteiger partial charge in [0.2, 0.25) is 0 Å². The van der Waals surface area contributed by atoms with Crippen molar-refractivity contribution in [2.45, 2.75) is 40.2 Å². The van der Waals surface area contributed by atoms with Crippen molar-refractivity contribution in [1.29, 1.82) is 0 Å². The molecule has 3 nitrogen and oxygen atoms in total. The molecule has 1 aromatic heterocycles. The second kappa shape index (κ2) is 5.57. The Balaban J connectivity index is 2.52. The fourth-order valence-corrected chi connectivity index (χ4v) is 1.69. The third-order valence-electron chi connectivity index (χ3n) is 2.40. The van der Waals surface area contributed by atoms with Crippen LogP contribution in [0.3, 0.4) is 0 Å². The SMILES string of the molecule is CC#CCCNC(C)c1c(C)noc1C. The molecular weight excluding hydrogens is 188 g/mol. The predicted octanol–water partition coefficient (Wildman–Crippen LogP) is 2.36. The summed E-state index contributed by atoms with van der Waals surface area (Å²) in [6.45, 7) is 8.78. The standard InChI is InChI=1S/C12H18N2O/c1-5-6-7-8-13-9(2)12-10(3)14-15-11(12)4/h9,13H,7-8H2,1-4H3. The Morgan fingerprint density at radius 1 is 1.47 bits per heavy atom. The highest BCUT2D eigenvalue weighted by atomic mass is 16.5. The van der Waals surface area contributed by atoms with E-state index in [4.69, 9.17) is 4.52 Å². The molecule has 0 radical (unpaired) electrons. The summed E-state index contributed by atoms with van der Waals surface area (Å²) < 4.78 is 5.13. The van der Waals surface area contributed by atoms with Crippen molar-refractivity contribution < 1.29 is 4.52 Å². The Bertz CT molecular complexity index is 351. The van der Waals surface area contributed by atoms with E-state index in [0.29, 0.717) is 0 Å². The van der Waals surface area contributed by atoms with Gasteiger partial charge in [0.05, 0.1) is 5.69 Å². The molecule has 1 heterocycles. The number of hydrogen-bond acceptors (Lipinski definition) is 3. The van der Waals surface area contributed by atoms with Gasteiger partial charge in [-0.3, -0.25) is 0 Å². The molecule has 0 aliphatic carbocycles. The number of nitrogens with zero attached hydrogens (tertiary/aromatic N) is 1. The van der Waals surface area contributed by atoms with Crippen LogP contribution in [0, 0.1) is 25.7 Å². The minimum absolute atomic E-state index is 0.273. The molecule has 0 aromatic carbocycles. The van der Waals surface area contributed by atoms with Crippen molar-refractivity contribution >= 4 is 0 Å². The van der Waals surface area contributed by atoms with Crippen LogP contribution in [0.5, 0.6) is 0 Å². The lowest BCUT2D eigenvalue weighted by molar-refractivity contribution is 0.390. The van der Waals surface area contributed by atoms with Gasteiger partial charge in [-0.05, 0) is 27.7 Å². The zero-order valence-corrected chi connectivity index (χ0v) is 9.85. The predicted molar refractivity (Wildman–Crippen MR) is 60.5 cm³/mol. The second-order valence-corrected chi connectivity index (χ2v) is 3.59. The van der Waals surface area contributed by atoms with Crippen LogP contribution < -0.4 is 5.32 Å². The van der Waals surface area contributed by atoms with Crippen LogP contribution in [0.1, 0.15) is 43.3 Å². The smallest absolute Gasteiger partial charge is 0.138 e. The maximum atomic E-state index is 5.13. The van der Waals surface area contributed by atoms with Gasteiger partial charge in [-0.2, -0.15) is 0 Å². The summed E-state index contributed by atoms with van der Waals surface area (Å²) in [5.41, 5.74) is 2.13. The van der Waals surface area contributed by atoms with E-state index in [9.17, 15) is 0 Å². The normalized spacial score (nSPS) is 12.0. The molecule has 0 saturated heterocycles. The first-order chi connectivity index (χ1) is 7.16. The average molecular weight is 206 g/mol. The van der Waals surface area contributed by atoms with Gasteiger partial charge in [-0.15, -0.1) is 11.8 Å². The van der Waals surface area contributed by atoms with E-state index in [1.807, 2.05) is 20.8 Å². The Kier molecular flexibility index (Phi) is 4.38. The third-order valence-corrected chi connectivity index (χ3v) is 2.40. The number of nitrogens with one attached hydrogen (secondary N) is 1. The van der Waals surface area contributed by atoms with E-state index in [2.05, 4.69) is 29.2 Å². The maximum absolute atomic E-state index is 5.13. The van der Waals surface area contributed by atoms with Gasteiger partial charge in [-0.1, -0.05) is 5.16 Å². The van der Waals surface area contributed by atoms with E-state index in [1.165, 1.54) is 5.56 Å². The molecule has 0 amide bonds. The van der Waals surface area contributed by atoms with Crippen LogP contribution >= 0.6 is 0 Å². The van der Waals surface area contributed by atoms with Gasteiger partial charge in [0.1, 0.15) is 5.76 Å². The van der Waals surface area contributed by atoms with Gasteiger partial charge in [-0.25, -0.2) is 0 Å². The molecule has 0 saturated carbocycles. The fraction of sp³-hybridized carbons (Fsp3) is 0.583.